The maximum absolute atomic E-state index is 13.3. The van der Waals surface area contributed by atoms with E-state index in [0.717, 1.165) is 5.56 Å². The van der Waals surface area contributed by atoms with Crippen LogP contribution < -0.4 is 5.32 Å². The molecule has 0 saturated heterocycles. The van der Waals surface area contributed by atoms with Crippen molar-refractivity contribution >= 4 is 5.91 Å². The predicted molar refractivity (Wildman–Crippen MR) is 76.1 cm³/mol. The Morgan fingerprint density at radius 1 is 1.43 bits per heavy atom. The van der Waals surface area contributed by atoms with Crippen molar-refractivity contribution < 1.29 is 14.3 Å². The second kappa shape index (κ2) is 6.49. The molecule has 0 unspecified atom stereocenters. The Bertz CT molecular complexity index is 638. The number of amides is 1. The summed E-state index contributed by atoms with van der Waals surface area (Å²) in [5.74, 6) is -0.693. The Labute approximate surface area is 122 Å². The average Bonchev–Trinajstić information content (AvgIpc) is 2.95. The maximum atomic E-state index is 13.3. The van der Waals surface area contributed by atoms with Crippen molar-refractivity contribution in [3.63, 3.8) is 0 Å². The van der Waals surface area contributed by atoms with E-state index in [1.165, 1.54) is 12.1 Å². The van der Waals surface area contributed by atoms with Gasteiger partial charge in [-0.25, -0.2) is 4.39 Å². The van der Waals surface area contributed by atoms with Crippen molar-refractivity contribution in [2.45, 2.75) is 33.0 Å². The van der Waals surface area contributed by atoms with Crippen molar-refractivity contribution in [1.82, 2.24) is 15.1 Å². The third-order valence-corrected chi connectivity index (χ3v) is 3.13. The number of nitrogens with one attached hydrogen (secondary N) is 1. The number of hydrogen-bond acceptors (Lipinski definition) is 3. The normalized spacial score (nSPS) is 10.9. The largest absolute Gasteiger partial charge is 0.392 e. The summed E-state index contributed by atoms with van der Waals surface area (Å²) in [5, 5.41) is 15.9. The molecule has 1 amide bonds. The van der Waals surface area contributed by atoms with Crippen LogP contribution in [0.4, 0.5) is 4.39 Å². The van der Waals surface area contributed by atoms with Gasteiger partial charge in [-0.1, -0.05) is 6.07 Å². The highest BCUT2D eigenvalue weighted by molar-refractivity contribution is 5.92. The molecule has 0 atom stereocenters. The van der Waals surface area contributed by atoms with E-state index in [-0.39, 0.29) is 30.7 Å². The molecule has 0 spiro atoms. The summed E-state index contributed by atoms with van der Waals surface area (Å²) in [4.78, 5) is 12.1. The molecular weight excluding hydrogens is 273 g/mol. The number of aromatic nitrogens is 2. The molecule has 21 heavy (non-hydrogen) atoms. The lowest BCUT2D eigenvalue weighted by molar-refractivity contribution is 0.0938. The molecule has 0 saturated carbocycles. The number of carbonyl (C=O) groups excluding carboxylic acids is 1. The molecule has 5 nitrogen and oxygen atoms in total. The number of benzene rings is 1. The van der Waals surface area contributed by atoms with Crippen LogP contribution in [0.1, 0.15) is 41.5 Å². The van der Waals surface area contributed by atoms with Gasteiger partial charge >= 0.3 is 0 Å². The third-order valence-electron chi connectivity index (χ3n) is 3.13. The van der Waals surface area contributed by atoms with Gasteiger partial charge in [0.2, 0.25) is 0 Å². The summed E-state index contributed by atoms with van der Waals surface area (Å²) in [6, 6.07) is 6.14. The van der Waals surface area contributed by atoms with Crippen molar-refractivity contribution in [1.29, 1.82) is 0 Å². The van der Waals surface area contributed by atoms with E-state index in [9.17, 15) is 9.18 Å². The number of rotatable bonds is 5. The number of carbonyl (C=O) groups is 1. The quantitative estimate of drug-likeness (QED) is 0.885. The van der Waals surface area contributed by atoms with Crippen molar-refractivity contribution in [2.24, 2.45) is 0 Å². The zero-order valence-electron chi connectivity index (χ0n) is 12.0. The molecule has 0 aliphatic rings. The van der Waals surface area contributed by atoms with Gasteiger partial charge < -0.3 is 10.4 Å². The van der Waals surface area contributed by atoms with E-state index in [1.807, 2.05) is 13.8 Å². The second-order valence-electron chi connectivity index (χ2n) is 5.02. The number of aliphatic hydroxyl groups is 1. The van der Waals surface area contributed by atoms with Crippen LogP contribution in [0, 0.1) is 5.82 Å². The molecule has 0 aliphatic heterocycles. The molecule has 2 rings (SSSR count). The molecule has 0 bridgehead atoms. The fourth-order valence-corrected chi connectivity index (χ4v) is 2.04. The first-order valence-electron chi connectivity index (χ1n) is 6.72. The van der Waals surface area contributed by atoms with Crippen molar-refractivity contribution in [2.75, 3.05) is 0 Å². The number of aliphatic hydroxyl groups excluding tert-OH is 1. The summed E-state index contributed by atoms with van der Waals surface area (Å²) in [6.45, 7) is 3.78. The van der Waals surface area contributed by atoms with Gasteiger partial charge in [-0.3, -0.25) is 9.48 Å². The predicted octanol–water partition coefficient (Wildman–Crippen LogP) is 2.03. The Kier molecular flexibility index (Phi) is 4.70. The van der Waals surface area contributed by atoms with Gasteiger partial charge in [0.05, 0.1) is 6.61 Å². The summed E-state index contributed by atoms with van der Waals surface area (Å²) in [6.07, 6.45) is 1.58. The minimum absolute atomic E-state index is 0.0903. The van der Waals surface area contributed by atoms with Crippen LogP contribution in [0.25, 0.3) is 0 Å². The number of nitrogens with zero attached hydrogens (tertiary/aromatic N) is 2. The van der Waals surface area contributed by atoms with Crippen LogP contribution in [0.15, 0.2) is 30.5 Å². The highest BCUT2D eigenvalue weighted by atomic mass is 19.1. The molecule has 6 heteroatoms. The first-order valence-corrected chi connectivity index (χ1v) is 6.72. The molecule has 112 valence electrons. The highest BCUT2D eigenvalue weighted by Gasteiger charge is 2.13. The first kappa shape index (κ1) is 15.2. The molecule has 0 aliphatic carbocycles. The summed E-state index contributed by atoms with van der Waals surface area (Å²) >= 11 is 0. The van der Waals surface area contributed by atoms with Crippen molar-refractivity contribution in [3.05, 3.63) is 53.1 Å². The topological polar surface area (TPSA) is 67.2 Å². The van der Waals surface area contributed by atoms with Gasteiger partial charge in [0.15, 0.2) is 0 Å². The van der Waals surface area contributed by atoms with Crippen LogP contribution in [0.2, 0.25) is 0 Å². The van der Waals surface area contributed by atoms with Gasteiger partial charge in [-0.2, -0.15) is 5.10 Å². The monoisotopic (exact) mass is 291 g/mol. The van der Waals surface area contributed by atoms with Crippen LogP contribution in [-0.2, 0) is 13.2 Å². The minimum Gasteiger partial charge on any atom is -0.392 e. The van der Waals surface area contributed by atoms with Crippen LogP contribution in [0.3, 0.4) is 0 Å². The highest BCUT2D eigenvalue weighted by Crippen LogP contribution is 2.11. The van der Waals surface area contributed by atoms with E-state index in [4.69, 9.17) is 5.11 Å². The van der Waals surface area contributed by atoms with Crippen LogP contribution >= 0.6 is 0 Å². The smallest absolute Gasteiger partial charge is 0.269 e. The fourth-order valence-electron chi connectivity index (χ4n) is 2.04. The van der Waals surface area contributed by atoms with Gasteiger partial charge in [0.25, 0.3) is 5.91 Å². The molecule has 1 heterocycles. The number of halogens is 1. The zero-order valence-corrected chi connectivity index (χ0v) is 12.0. The zero-order chi connectivity index (χ0) is 15.4. The Morgan fingerprint density at radius 2 is 2.19 bits per heavy atom. The summed E-state index contributed by atoms with van der Waals surface area (Å²) in [5.41, 5.74) is 1.42. The first-order chi connectivity index (χ1) is 10.0. The van der Waals surface area contributed by atoms with E-state index in [1.54, 1.807) is 23.0 Å². The van der Waals surface area contributed by atoms with Gasteiger partial charge in [-0.05, 0) is 37.6 Å². The molecule has 2 N–H and O–H groups in total. The van der Waals surface area contributed by atoms with Crippen molar-refractivity contribution in [3.8, 4) is 0 Å². The lowest BCUT2D eigenvalue weighted by Gasteiger charge is -2.11. The van der Waals surface area contributed by atoms with E-state index in [2.05, 4.69) is 10.4 Å². The Morgan fingerprint density at radius 3 is 2.86 bits per heavy atom. The summed E-state index contributed by atoms with van der Waals surface area (Å²) < 4.78 is 14.9. The Balaban J connectivity index is 2.06. The third kappa shape index (κ3) is 3.46. The molecule has 0 fully saturated rings. The lowest BCUT2D eigenvalue weighted by Crippen LogP contribution is -2.26. The summed E-state index contributed by atoms with van der Waals surface area (Å²) in [7, 11) is 0. The minimum atomic E-state index is -0.453. The second-order valence-corrected chi connectivity index (χ2v) is 5.02. The fraction of sp³-hybridized carbons (Fsp3) is 0.333. The van der Waals surface area contributed by atoms with Crippen LogP contribution in [-0.4, -0.2) is 20.8 Å². The average molecular weight is 291 g/mol. The van der Waals surface area contributed by atoms with E-state index >= 15 is 0 Å². The molecule has 2 aromatic rings. The molecule has 1 aromatic heterocycles. The van der Waals surface area contributed by atoms with E-state index < -0.39 is 5.82 Å². The van der Waals surface area contributed by atoms with Gasteiger partial charge in [0, 0.05) is 24.3 Å². The molecule has 0 radical (unpaired) electrons. The molecular formula is C15H18FN3O2. The van der Waals surface area contributed by atoms with E-state index in [0.29, 0.717) is 5.69 Å². The lowest BCUT2D eigenvalue weighted by atomic mass is 10.1. The van der Waals surface area contributed by atoms with Crippen LogP contribution in [0.5, 0.6) is 0 Å². The maximum Gasteiger partial charge on any atom is 0.269 e. The number of hydrogen-bond donors (Lipinski definition) is 2. The Hall–Kier alpha value is -2.21. The van der Waals surface area contributed by atoms with Gasteiger partial charge in [-0.15, -0.1) is 0 Å². The van der Waals surface area contributed by atoms with Gasteiger partial charge in [0.1, 0.15) is 11.5 Å². The SMILES string of the molecule is CC(C)n1nccc1C(=O)NCc1ccc(F)c(CO)c1. The molecule has 1 aromatic carbocycles. The standard InChI is InChI=1S/C15H18FN3O2/c1-10(2)19-14(5-6-18-19)15(21)17-8-11-3-4-13(16)12(7-11)9-20/h3-7,10,20H,8-9H2,1-2H3,(H,17,21).